The number of halogens is 1. The van der Waals surface area contributed by atoms with Crippen LogP contribution in [0.4, 0.5) is 4.79 Å². The van der Waals surface area contributed by atoms with Crippen LogP contribution >= 0.6 is 11.6 Å². The number of urea groups is 1. The summed E-state index contributed by atoms with van der Waals surface area (Å²) < 4.78 is 5.34. The zero-order chi connectivity index (χ0) is 20.5. The zero-order valence-corrected chi connectivity index (χ0v) is 17.7. The molecule has 4 fully saturated rings. The van der Waals surface area contributed by atoms with Crippen molar-refractivity contribution in [1.29, 1.82) is 0 Å². The first kappa shape index (κ1) is 20.7. The average Bonchev–Trinajstić information content (AvgIpc) is 2.65. The van der Waals surface area contributed by atoms with Crippen molar-refractivity contribution >= 4 is 29.5 Å². The van der Waals surface area contributed by atoms with E-state index in [9.17, 15) is 14.4 Å². The Bertz CT molecular complexity index is 706. The van der Waals surface area contributed by atoms with E-state index in [-0.39, 0.29) is 10.8 Å². The van der Waals surface area contributed by atoms with Crippen LogP contribution in [0.15, 0.2) is 11.6 Å². The van der Waals surface area contributed by atoms with Crippen molar-refractivity contribution < 1.29 is 19.1 Å². The number of hydrogen-bond acceptors (Lipinski definition) is 4. The van der Waals surface area contributed by atoms with Crippen molar-refractivity contribution in [3.8, 4) is 0 Å². The van der Waals surface area contributed by atoms with E-state index in [2.05, 4.69) is 16.7 Å². The smallest absolute Gasteiger partial charge is 0.321 e. The van der Waals surface area contributed by atoms with Gasteiger partial charge in [0.05, 0.1) is 5.41 Å². The molecule has 0 heterocycles. The predicted molar refractivity (Wildman–Crippen MR) is 109 cm³/mol. The molecule has 0 spiro atoms. The number of allylic oxidation sites excluding steroid dienone is 1. The number of amides is 3. The van der Waals surface area contributed by atoms with Gasteiger partial charge in [-0.2, -0.15) is 0 Å². The third-order valence-corrected chi connectivity index (χ3v) is 7.57. The molecule has 0 saturated heterocycles. The summed E-state index contributed by atoms with van der Waals surface area (Å²) in [7, 11) is 0. The van der Waals surface area contributed by atoms with Gasteiger partial charge >= 0.3 is 12.0 Å². The van der Waals surface area contributed by atoms with Gasteiger partial charge in [-0.05, 0) is 82.5 Å². The molecule has 0 aromatic heterocycles. The third kappa shape index (κ3) is 4.79. The maximum absolute atomic E-state index is 12.8. The van der Waals surface area contributed by atoms with Crippen LogP contribution in [-0.2, 0) is 14.3 Å². The minimum atomic E-state index is -0.599. The molecule has 2 unspecified atom stereocenters. The number of ether oxygens (including phenoxy) is 1. The molecule has 4 atom stereocenters. The van der Waals surface area contributed by atoms with Crippen LogP contribution in [0.2, 0.25) is 0 Å². The van der Waals surface area contributed by atoms with Gasteiger partial charge in [0, 0.05) is 11.4 Å². The van der Waals surface area contributed by atoms with Gasteiger partial charge in [0.1, 0.15) is 0 Å². The minimum Gasteiger partial charge on any atom is -0.455 e. The van der Waals surface area contributed by atoms with Crippen LogP contribution in [0, 0.1) is 17.3 Å². The van der Waals surface area contributed by atoms with Gasteiger partial charge < -0.3 is 10.1 Å². The number of esters is 1. The average molecular weight is 423 g/mol. The van der Waals surface area contributed by atoms with E-state index in [1.165, 1.54) is 18.4 Å². The fourth-order valence-electron chi connectivity index (χ4n) is 6.35. The first-order chi connectivity index (χ1) is 13.9. The summed E-state index contributed by atoms with van der Waals surface area (Å²) in [6.45, 7) is 0.0677. The van der Waals surface area contributed by atoms with Gasteiger partial charge in [-0.3, -0.25) is 14.9 Å². The lowest BCUT2D eigenvalue weighted by Gasteiger charge is -2.58. The maximum atomic E-state index is 12.8. The second-order valence-electron chi connectivity index (χ2n) is 9.63. The topological polar surface area (TPSA) is 84.5 Å². The molecule has 5 aliphatic carbocycles. The summed E-state index contributed by atoms with van der Waals surface area (Å²) >= 11 is 6.76. The normalized spacial score (nSPS) is 35.0. The summed E-state index contributed by atoms with van der Waals surface area (Å²) in [5.41, 5.74) is 0.826. The monoisotopic (exact) mass is 422 g/mol. The molecule has 160 valence electrons. The Morgan fingerprint density at radius 1 is 1.14 bits per heavy atom. The zero-order valence-electron chi connectivity index (χ0n) is 16.9. The van der Waals surface area contributed by atoms with Gasteiger partial charge in [0.2, 0.25) is 0 Å². The predicted octanol–water partition coefficient (Wildman–Crippen LogP) is 3.82. The first-order valence-electron chi connectivity index (χ1n) is 11.0. The second kappa shape index (κ2) is 8.29. The Morgan fingerprint density at radius 2 is 1.90 bits per heavy atom. The van der Waals surface area contributed by atoms with Gasteiger partial charge in [0.15, 0.2) is 6.61 Å². The molecule has 5 rings (SSSR count). The highest BCUT2D eigenvalue weighted by molar-refractivity contribution is 6.24. The minimum absolute atomic E-state index is 0.279. The highest BCUT2D eigenvalue weighted by Crippen LogP contribution is 2.64. The number of hydrogen-bond donors (Lipinski definition) is 2. The van der Waals surface area contributed by atoms with Crippen molar-refractivity contribution in [2.24, 2.45) is 17.3 Å². The molecule has 6 nitrogen and oxygen atoms in total. The summed E-state index contributed by atoms with van der Waals surface area (Å²) in [5.74, 6) is 0.0508. The van der Waals surface area contributed by atoms with Gasteiger partial charge in [0.25, 0.3) is 5.91 Å². The lowest BCUT2D eigenvalue weighted by molar-refractivity contribution is -0.171. The van der Waals surface area contributed by atoms with E-state index in [0.717, 1.165) is 51.4 Å². The van der Waals surface area contributed by atoms with Crippen LogP contribution in [0.3, 0.4) is 0 Å². The Balaban J connectivity index is 1.19. The van der Waals surface area contributed by atoms with Crippen molar-refractivity contribution in [2.75, 3.05) is 13.2 Å². The Morgan fingerprint density at radius 3 is 2.55 bits per heavy atom. The molecule has 0 aliphatic heterocycles. The van der Waals surface area contributed by atoms with E-state index in [4.69, 9.17) is 16.3 Å². The Hall–Kier alpha value is -1.56. The van der Waals surface area contributed by atoms with Crippen molar-refractivity contribution in [3.63, 3.8) is 0 Å². The van der Waals surface area contributed by atoms with E-state index >= 15 is 0 Å². The molecular weight excluding hydrogens is 392 g/mol. The number of carbonyl (C=O) groups excluding carboxylic acids is 3. The van der Waals surface area contributed by atoms with Crippen LogP contribution in [0.5, 0.6) is 0 Å². The lowest BCUT2D eigenvalue weighted by Crippen LogP contribution is -2.56. The number of imide groups is 1. The molecule has 0 aromatic carbocycles. The van der Waals surface area contributed by atoms with Crippen molar-refractivity contribution in [1.82, 2.24) is 10.6 Å². The fraction of sp³-hybridized carbons (Fsp3) is 0.773. The summed E-state index contributed by atoms with van der Waals surface area (Å²) in [6, 6.07) is -0.544. The number of nitrogens with one attached hydrogen (secondary N) is 2. The maximum Gasteiger partial charge on any atom is 0.321 e. The molecule has 7 heteroatoms. The molecule has 3 amide bonds. The molecule has 4 saturated carbocycles. The van der Waals surface area contributed by atoms with Crippen molar-refractivity contribution in [2.45, 2.75) is 75.5 Å². The van der Waals surface area contributed by atoms with Gasteiger partial charge in [-0.1, -0.05) is 11.6 Å². The molecule has 0 aromatic rings. The van der Waals surface area contributed by atoms with E-state index in [1.807, 2.05) is 0 Å². The SMILES string of the molecule is O=C(COC(=O)C12C[C@@H]3C[C@@H](CC(Cl)(C3)C1)C2)NC(=O)NCCC1=CCCCC1. The molecule has 2 N–H and O–H groups in total. The molecule has 0 radical (unpaired) electrons. The van der Waals surface area contributed by atoms with Crippen LogP contribution in [0.25, 0.3) is 0 Å². The largest absolute Gasteiger partial charge is 0.455 e. The van der Waals surface area contributed by atoms with E-state index in [0.29, 0.717) is 24.8 Å². The van der Waals surface area contributed by atoms with Crippen LogP contribution in [-0.4, -0.2) is 35.9 Å². The summed E-state index contributed by atoms with van der Waals surface area (Å²) in [4.78, 5) is 36.4. The molecule has 4 bridgehead atoms. The van der Waals surface area contributed by atoms with Gasteiger partial charge in [-0.25, -0.2) is 4.79 Å². The van der Waals surface area contributed by atoms with Crippen LogP contribution < -0.4 is 10.6 Å². The molecule has 5 aliphatic rings. The highest BCUT2D eigenvalue weighted by atomic mass is 35.5. The fourth-order valence-corrected chi connectivity index (χ4v) is 7.04. The quantitative estimate of drug-likeness (QED) is 0.387. The van der Waals surface area contributed by atoms with E-state index < -0.39 is 24.0 Å². The standard InChI is InChI=1S/C22H31ClN2O4/c23-22-11-16-8-17(12-22)10-21(9-16,14-22)19(27)29-13-18(26)25-20(28)24-7-6-15-4-2-1-3-5-15/h4,16-17H,1-3,5-14H2,(H2,24,25,26,28)/t16-,17+,21?,22?. The van der Waals surface area contributed by atoms with Crippen LogP contribution in [0.1, 0.15) is 70.6 Å². The Labute approximate surface area is 177 Å². The number of rotatable bonds is 6. The highest BCUT2D eigenvalue weighted by Gasteiger charge is 2.60. The molecular formula is C22H31ClN2O4. The van der Waals surface area contributed by atoms with Crippen molar-refractivity contribution in [3.05, 3.63) is 11.6 Å². The second-order valence-corrected chi connectivity index (χ2v) is 10.4. The number of alkyl halides is 1. The number of carbonyl (C=O) groups is 3. The first-order valence-corrected chi connectivity index (χ1v) is 11.4. The Kier molecular flexibility index (Phi) is 5.92. The lowest BCUT2D eigenvalue weighted by atomic mass is 9.49. The summed E-state index contributed by atoms with van der Waals surface area (Å²) in [5, 5.41) is 4.93. The summed E-state index contributed by atoms with van der Waals surface area (Å²) in [6.07, 6.45) is 13.1. The molecule has 29 heavy (non-hydrogen) atoms. The van der Waals surface area contributed by atoms with E-state index in [1.54, 1.807) is 0 Å². The third-order valence-electron chi connectivity index (χ3n) is 7.13. The van der Waals surface area contributed by atoms with Gasteiger partial charge in [-0.15, -0.1) is 11.6 Å².